The third-order valence-electron chi connectivity index (χ3n) is 4.12. The van der Waals surface area contributed by atoms with Gasteiger partial charge in [0.25, 0.3) is 5.91 Å². The summed E-state index contributed by atoms with van der Waals surface area (Å²) in [5.41, 5.74) is 1.18. The van der Waals surface area contributed by atoms with Crippen LogP contribution in [0.4, 0.5) is 4.79 Å². The van der Waals surface area contributed by atoms with Crippen LogP contribution in [-0.4, -0.2) is 39.3 Å². The summed E-state index contributed by atoms with van der Waals surface area (Å²) >= 11 is 1.24. The van der Waals surface area contributed by atoms with Crippen LogP contribution >= 0.6 is 11.3 Å². The molecule has 2 aromatic heterocycles. The Hall–Kier alpha value is -3.20. The molecule has 0 saturated carbocycles. The first-order chi connectivity index (χ1) is 14.0. The van der Waals surface area contributed by atoms with Crippen LogP contribution in [0.3, 0.4) is 0 Å². The molecule has 30 heavy (non-hydrogen) atoms. The number of thiophene rings is 1. The van der Waals surface area contributed by atoms with Crippen molar-refractivity contribution in [3.8, 4) is 5.69 Å². The third kappa shape index (κ3) is 4.85. The lowest BCUT2D eigenvalue weighted by molar-refractivity contribution is -0.127. The maximum Gasteiger partial charge on any atom is 0.349 e. The summed E-state index contributed by atoms with van der Waals surface area (Å²) in [5.74, 6) is -1.33. The maximum absolute atomic E-state index is 12.6. The monoisotopic (exact) mass is 428 g/mol. The van der Waals surface area contributed by atoms with Gasteiger partial charge in [0.1, 0.15) is 9.71 Å². The molecule has 0 spiro atoms. The number of nitrogens with zero attached hydrogens (tertiary/aromatic N) is 2. The average Bonchev–Trinajstić information content (AvgIpc) is 3.21. The van der Waals surface area contributed by atoms with E-state index >= 15 is 0 Å². The Morgan fingerprint density at radius 2 is 1.83 bits per heavy atom. The third-order valence-corrected chi connectivity index (χ3v) is 5.22. The van der Waals surface area contributed by atoms with Crippen molar-refractivity contribution in [2.24, 2.45) is 0 Å². The van der Waals surface area contributed by atoms with Crippen LogP contribution in [0.15, 0.2) is 36.4 Å². The molecular weight excluding hydrogens is 404 g/mol. The van der Waals surface area contributed by atoms with Crippen LogP contribution in [-0.2, 0) is 9.53 Å². The number of amides is 3. The quantitative estimate of drug-likeness (QED) is 0.619. The second-order valence-corrected chi connectivity index (χ2v) is 8.93. The molecule has 0 aliphatic rings. The second-order valence-electron chi connectivity index (χ2n) is 7.90. The fourth-order valence-electron chi connectivity index (χ4n) is 2.75. The van der Waals surface area contributed by atoms with E-state index in [0.717, 1.165) is 21.6 Å². The van der Waals surface area contributed by atoms with Gasteiger partial charge in [-0.05, 0) is 52.8 Å². The topological polar surface area (TPSA) is 102 Å². The van der Waals surface area contributed by atoms with Crippen molar-refractivity contribution in [2.45, 2.75) is 46.3 Å². The van der Waals surface area contributed by atoms with Gasteiger partial charge in [0, 0.05) is 10.9 Å². The van der Waals surface area contributed by atoms with E-state index in [0.29, 0.717) is 4.88 Å². The summed E-state index contributed by atoms with van der Waals surface area (Å²) in [6.45, 7) is 8.66. The zero-order valence-electron chi connectivity index (χ0n) is 17.5. The van der Waals surface area contributed by atoms with E-state index in [4.69, 9.17) is 4.74 Å². The number of fused-ring (bicyclic) bond motifs is 1. The summed E-state index contributed by atoms with van der Waals surface area (Å²) in [7, 11) is 0. The van der Waals surface area contributed by atoms with Crippen molar-refractivity contribution >= 4 is 39.5 Å². The van der Waals surface area contributed by atoms with Gasteiger partial charge >= 0.3 is 12.0 Å². The van der Waals surface area contributed by atoms with Crippen molar-refractivity contribution in [2.75, 3.05) is 0 Å². The number of imide groups is 1. The van der Waals surface area contributed by atoms with Crippen molar-refractivity contribution in [3.63, 3.8) is 0 Å². The number of rotatable bonds is 4. The van der Waals surface area contributed by atoms with E-state index in [1.54, 1.807) is 31.5 Å². The lowest BCUT2D eigenvalue weighted by Gasteiger charge is -2.21. The number of hydrogen-bond acceptors (Lipinski definition) is 6. The summed E-state index contributed by atoms with van der Waals surface area (Å²) in [5, 5.41) is 10.2. The number of para-hydroxylation sites is 1. The van der Waals surface area contributed by atoms with Crippen LogP contribution in [0.25, 0.3) is 15.9 Å². The first-order valence-electron chi connectivity index (χ1n) is 9.44. The average molecular weight is 429 g/mol. The van der Waals surface area contributed by atoms with Crippen LogP contribution < -0.4 is 10.6 Å². The molecule has 0 aliphatic heterocycles. The first kappa shape index (κ1) is 21.5. The zero-order chi connectivity index (χ0) is 22.1. The number of aromatic nitrogens is 2. The Morgan fingerprint density at radius 3 is 2.47 bits per heavy atom. The minimum atomic E-state index is -1.12. The van der Waals surface area contributed by atoms with Crippen LogP contribution in [0.1, 0.15) is 43.1 Å². The molecule has 0 aliphatic carbocycles. The molecule has 0 fully saturated rings. The highest BCUT2D eigenvalue weighted by Gasteiger charge is 2.24. The molecule has 3 amide bonds. The van der Waals surface area contributed by atoms with Crippen LogP contribution in [0, 0.1) is 6.92 Å². The SMILES string of the molecule is Cc1nn(-c2ccccc2)c2sc(C(=O)OC(C)C(=O)NC(=O)NC(C)(C)C)cc12. The number of ether oxygens (including phenoxy) is 1. The van der Waals surface area contributed by atoms with E-state index in [2.05, 4.69) is 15.7 Å². The van der Waals surface area contributed by atoms with Gasteiger partial charge in [0.05, 0.1) is 11.4 Å². The molecule has 0 radical (unpaired) electrons. The predicted octanol–water partition coefficient (Wildman–Crippen LogP) is 3.57. The largest absolute Gasteiger partial charge is 0.448 e. The number of aryl methyl sites for hydroxylation is 1. The molecule has 0 saturated heterocycles. The maximum atomic E-state index is 12.6. The number of benzene rings is 1. The number of urea groups is 1. The Morgan fingerprint density at radius 1 is 1.17 bits per heavy atom. The highest BCUT2D eigenvalue weighted by Crippen LogP contribution is 2.30. The minimum Gasteiger partial charge on any atom is -0.448 e. The van der Waals surface area contributed by atoms with Gasteiger partial charge < -0.3 is 10.1 Å². The van der Waals surface area contributed by atoms with Gasteiger partial charge in [-0.15, -0.1) is 11.3 Å². The number of hydrogen-bond donors (Lipinski definition) is 2. The Bertz CT molecular complexity index is 1100. The summed E-state index contributed by atoms with van der Waals surface area (Å²) < 4.78 is 7.04. The van der Waals surface area contributed by atoms with Crippen molar-refractivity contribution in [3.05, 3.63) is 47.0 Å². The Kier molecular flexibility index (Phi) is 5.93. The highest BCUT2D eigenvalue weighted by molar-refractivity contribution is 7.20. The normalized spacial score (nSPS) is 12.4. The number of carbonyl (C=O) groups excluding carboxylic acids is 3. The Balaban J connectivity index is 1.73. The summed E-state index contributed by atoms with van der Waals surface area (Å²) in [6, 6.07) is 10.7. The molecule has 158 valence electrons. The number of esters is 1. The molecule has 1 atom stereocenters. The van der Waals surface area contributed by atoms with E-state index in [9.17, 15) is 14.4 Å². The molecule has 1 aromatic carbocycles. The number of nitrogens with one attached hydrogen (secondary N) is 2. The molecule has 1 unspecified atom stereocenters. The van der Waals surface area contributed by atoms with E-state index < -0.39 is 29.6 Å². The molecule has 9 heteroatoms. The molecule has 2 heterocycles. The van der Waals surface area contributed by atoms with E-state index in [-0.39, 0.29) is 0 Å². The van der Waals surface area contributed by atoms with Crippen LogP contribution in [0.2, 0.25) is 0 Å². The van der Waals surface area contributed by atoms with Gasteiger partial charge in [0.2, 0.25) is 0 Å². The molecule has 0 bridgehead atoms. The lowest BCUT2D eigenvalue weighted by Crippen LogP contribution is -2.50. The van der Waals surface area contributed by atoms with Crippen LogP contribution in [0.5, 0.6) is 0 Å². The van der Waals surface area contributed by atoms with Crippen molar-refractivity contribution < 1.29 is 19.1 Å². The van der Waals surface area contributed by atoms with Gasteiger partial charge in [-0.1, -0.05) is 18.2 Å². The zero-order valence-corrected chi connectivity index (χ0v) is 18.3. The fourth-order valence-corrected chi connectivity index (χ4v) is 3.82. The Labute approximate surface area is 178 Å². The smallest absolute Gasteiger partial charge is 0.349 e. The second kappa shape index (κ2) is 8.27. The standard InChI is InChI=1S/C21H24N4O4S/c1-12-15-11-16(30-18(15)25(24-12)14-9-7-6-8-10-14)19(27)29-13(2)17(26)22-20(28)23-21(3,4)5/h6-11,13H,1-5H3,(H2,22,23,26,28). The summed E-state index contributed by atoms with van der Waals surface area (Å²) in [4.78, 5) is 37.7. The highest BCUT2D eigenvalue weighted by atomic mass is 32.1. The number of carbonyl (C=O) groups is 3. The summed E-state index contributed by atoms with van der Waals surface area (Å²) in [6.07, 6.45) is -1.12. The van der Waals surface area contributed by atoms with Gasteiger partial charge in [-0.25, -0.2) is 14.3 Å². The molecule has 3 aromatic rings. The minimum absolute atomic E-state index is 0.356. The van der Waals surface area contributed by atoms with Gasteiger partial charge in [-0.2, -0.15) is 5.10 Å². The molecule has 2 N–H and O–H groups in total. The van der Waals surface area contributed by atoms with Crippen molar-refractivity contribution in [1.82, 2.24) is 20.4 Å². The fraction of sp³-hybridized carbons (Fsp3) is 0.333. The van der Waals surface area contributed by atoms with Crippen molar-refractivity contribution in [1.29, 1.82) is 0 Å². The molecular formula is C21H24N4O4S. The first-order valence-corrected chi connectivity index (χ1v) is 10.3. The van der Waals surface area contributed by atoms with Gasteiger partial charge in [0.15, 0.2) is 6.10 Å². The predicted molar refractivity (Wildman–Crippen MR) is 115 cm³/mol. The van der Waals surface area contributed by atoms with E-state index in [1.165, 1.54) is 18.3 Å². The lowest BCUT2D eigenvalue weighted by atomic mass is 10.1. The molecule has 8 nitrogen and oxygen atoms in total. The van der Waals surface area contributed by atoms with Gasteiger partial charge in [-0.3, -0.25) is 10.1 Å². The molecule has 3 rings (SSSR count). The van der Waals surface area contributed by atoms with E-state index in [1.807, 2.05) is 37.3 Å².